The molecule has 2 aromatic rings. The number of ether oxygens (including phenoxy) is 2. The molecular formula is C20H23N5O2. The van der Waals surface area contributed by atoms with E-state index in [9.17, 15) is 0 Å². The summed E-state index contributed by atoms with van der Waals surface area (Å²) in [6.07, 6.45) is 4.31. The third kappa shape index (κ3) is 2.31. The van der Waals surface area contributed by atoms with Crippen molar-refractivity contribution in [3.05, 3.63) is 36.0 Å². The average Bonchev–Trinajstić information content (AvgIpc) is 3.34. The minimum atomic E-state index is 0.316. The number of anilines is 2. The first-order valence-electron chi connectivity index (χ1n) is 9.77. The van der Waals surface area contributed by atoms with Gasteiger partial charge in [0.15, 0.2) is 11.5 Å². The second kappa shape index (κ2) is 5.73. The molecule has 7 rings (SSSR count). The van der Waals surface area contributed by atoms with E-state index < -0.39 is 0 Å². The molecule has 0 amide bonds. The Bertz CT molecular complexity index is 882. The van der Waals surface area contributed by atoms with Crippen LogP contribution < -0.4 is 20.1 Å². The van der Waals surface area contributed by atoms with Crippen LogP contribution >= 0.6 is 0 Å². The summed E-state index contributed by atoms with van der Waals surface area (Å²) in [5.41, 5.74) is 7.21. The highest BCUT2D eigenvalue weighted by Gasteiger charge is 2.53. The first-order valence-corrected chi connectivity index (χ1v) is 9.77. The van der Waals surface area contributed by atoms with Crippen LogP contribution in [0.1, 0.15) is 24.3 Å². The lowest BCUT2D eigenvalue weighted by atomic mass is 9.75. The Morgan fingerprint density at radius 3 is 2.74 bits per heavy atom. The molecule has 0 aliphatic carbocycles. The Kier molecular flexibility index (Phi) is 3.29. The van der Waals surface area contributed by atoms with E-state index >= 15 is 0 Å². The van der Waals surface area contributed by atoms with Gasteiger partial charge in [-0.1, -0.05) is 6.07 Å². The Morgan fingerprint density at radius 2 is 1.89 bits per heavy atom. The van der Waals surface area contributed by atoms with Crippen LogP contribution in [0.5, 0.6) is 11.5 Å². The number of nitrogens with two attached hydrogens (primary N) is 1. The maximum atomic E-state index is 5.89. The molecular weight excluding hydrogens is 342 g/mol. The summed E-state index contributed by atoms with van der Waals surface area (Å²) in [6.45, 7) is 3.66. The predicted molar refractivity (Wildman–Crippen MR) is 101 cm³/mol. The predicted octanol–water partition coefficient (Wildman–Crippen LogP) is 1.85. The van der Waals surface area contributed by atoms with E-state index in [0.717, 1.165) is 29.8 Å². The number of aromatic nitrogens is 2. The summed E-state index contributed by atoms with van der Waals surface area (Å²) in [6, 6.07) is 9.41. The van der Waals surface area contributed by atoms with Gasteiger partial charge >= 0.3 is 0 Å². The number of hydrogen-bond acceptors (Lipinski definition) is 7. The molecule has 1 aromatic carbocycles. The fraction of sp³-hybridized carbons (Fsp3) is 0.500. The van der Waals surface area contributed by atoms with Gasteiger partial charge in [0.2, 0.25) is 12.7 Å². The van der Waals surface area contributed by atoms with Crippen LogP contribution in [0, 0.1) is 5.92 Å². The second-order valence-electron chi connectivity index (χ2n) is 8.00. The van der Waals surface area contributed by atoms with Crippen LogP contribution in [-0.4, -0.2) is 53.4 Å². The highest BCUT2D eigenvalue weighted by Crippen LogP contribution is 2.48. The number of piperidine rings is 3. The van der Waals surface area contributed by atoms with Gasteiger partial charge in [-0.15, -0.1) is 0 Å². The van der Waals surface area contributed by atoms with E-state index in [2.05, 4.69) is 38.0 Å². The summed E-state index contributed by atoms with van der Waals surface area (Å²) in [7, 11) is 0. The molecule has 0 radical (unpaired) electrons. The zero-order chi connectivity index (χ0) is 18.0. The Labute approximate surface area is 158 Å². The molecule has 6 heterocycles. The molecule has 27 heavy (non-hydrogen) atoms. The maximum Gasteiger partial charge on any atom is 0.231 e. The quantitative estimate of drug-likeness (QED) is 0.870. The maximum absolute atomic E-state index is 5.89. The topological polar surface area (TPSA) is 76.7 Å². The van der Waals surface area contributed by atoms with E-state index in [1.807, 2.05) is 6.07 Å². The minimum Gasteiger partial charge on any atom is -0.454 e. The number of nitrogen functional groups attached to an aromatic ring is 1. The largest absolute Gasteiger partial charge is 0.454 e. The number of hydrogen-bond donors (Lipinski definition) is 1. The molecule has 0 unspecified atom stereocenters. The van der Waals surface area contributed by atoms with E-state index in [1.54, 1.807) is 6.20 Å². The van der Waals surface area contributed by atoms with Crippen LogP contribution in [0.25, 0.3) is 0 Å². The highest BCUT2D eigenvalue weighted by molar-refractivity contribution is 5.51. The van der Waals surface area contributed by atoms with Crippen molar-refractivity contribution in [2.45, 2.75) is 30.8 Å². The van der Waals surface area contributed by atoms with E-state index in [1.165, 1.54) is 31.5 Å². The van der Waals surface area contributed by atoms with Gasteiger partial charge in [-0.3, -0.25) is 4.90 Å². The Balaban J connectivity index is 1.42. The zero-order valence-electron chi connectivity index (χ0n) is 15.1. The first-order chi connectivity index (χ1) is 13.3. The van der Waals surface area contributed by atoms with Gasteiger partial charge in [0, 0.05) is 30.7 Å². The summed E-state index contributed by atoms with van der Waals surface area (Å²) < 4.78 is 11.1. The minimum absolute atomic E-state index is 0.316. The van der Waals surface area contributed by atoms with Gasteiger partial charge in [0.05, 0.1) is 0 Å². The van der Waals surface area contributed by atoms with E-state index in [4.69, 9.17) is 15.2 Å². The van der Waals surface area contributed by atoms with Crippen LogP contribution in [0.4, 0.5) is 11.8 Å². The fourth-order valence-corrected chi connectivity index (χ4v) is 5.64. The van der Waals surface area contributed by atoms with Crippen molar-refractivity contribution in [2.75, 3.05) is 37.1 Å². The molecule has 5 aliphatic heterocycles. The third-order valence-corrected chi connectivity index (χ3v) is 6.77. The molecule has 4 fully saturated rings. The van der Waals surface area contributed by atoms with Gasteiger partial charge in [-0.25, -0.2) is 4.98 Å². The van der Waals surface area contributed by atoms with Crippen LogP contribution in [0.15, 0.2) is 30.5 Å². The van der Waals surface area contributed by atoms with E-state index in [-0.39, 0.29) is 0 Å². The Hall–Kier alpha value is -2.54. The first kappa shape index (κ1) is 15.5. The zero-order valence-corrected chi connectivity index (χ0v) is 15.1. The highest BCUT2D eigenvalue weighted by atomic mass is 16.7. The molecule has 3 atom stereocenters. The van der Waals surface area contributed by atoms with Crippen LogP contribution in [0.3, 0.4) is 0 Å². The van der Waals surface area contributed by atoms with Gasteiger partial charge in [0.25, 0.3) is 0 Å². The summed E-state index contributed by atoms with van der Waals surface area (Å²) in [4.78, 5) is 13.8. The van der Waals surface area contributed by atoms with Crippen molar-refractivity contribution in [3.63, 3.8) is 0 Å². The fourth-order valence-electron chi connectivity index (χ4n) is 5.64. The van der Waals surface area contributed by atoms with Crippen LogP contribution in [-0.2, 0) is 0 Å². The standard InChI is InChI=1S/C20H23N5O2/c21-20-22-6-3-17(23-20)25-10-14(13-1-2-15-16(9-13)27-11-26-15)19-18(25)12-4-7-24(19)8-5-12/h1-3,6,9,12,14,18-19H,4-5,7-8,10-11H2,(H2,21,22,23)/t14-,18+,19+/m0/s1. The van der Waals surface area contributed by atoms with Crippen molar-refractivity contribution in [1.29, 1.82) is 0 Å². The smallest absolute Gasteiger partial charge is 0.231 e. The lowest BCUT2D eigenvalue weighted by Crippen LogP contribution is -2.60. The molecule has 5 aliphatic rings. The monoisotopic (exact) mass is 365 g/mol. The third-order valence-electron chi connectivity index (χ3n) is 6.77. The lowest BCUT2D eigenvalue weighted by Gasteiger charge is -2.51. The van der Waals surface area contributed by atoms with E-state index in [0.29, 0.717) is 30.7 Å². The van der Waals surface area contributed by atoms with Gasteiger partial charge in [-0.2, -0.15) is 4.98 Å². The van der Waals surface area contributed by atoms with Gasteiger partial charge in [0.1, 0.15) is 5.82 Å². The SMILES string of the molecule is Nc1nccc(N2C[C@@H](c3ccc4c(c3)OCO4)[C@@H]3[C@H]2C2CCN3CC2)n1. The van der Waals surface area contributed by atoms with Gasteiger partial charge in [-0.05, 0) is 55.6 Å². The number of fused-ring (bicyclic) bond motifs is 3. The second-order valence-corrected chi connectivity index (χ2v) is 8.00. The van der Waals surface area contributed by atoms with Crippen molar-refractivity contribution in [3.8, 4) is 11.5 Å². The molecule has 4 saturated heterocycles. The molecule has 0 saturated carbocycles. The number of nitrogens with zero attached hydrogens (tertiary/aromatic N) is 4. The number of rotatable bonds is 2. The lowest BCUT2D eigenvalue weighted by molar-refractivity contribution is 0.0354. The molecule has 0 spiro atoms. The summed E-state index contributed by atoms with van der Waals surface area (Å²) in [5.74, 6) is 4.15. The number of benzene rings is 1. The van der Waals surface area contributed by atoms with Crippen LogP contribution in [0.2, 0.25) is 0 Å². The molecule has 2 N–H and O–H groups in total. The average molecular weight is 365 g/mol. The van der Waals surface area contributed by atoms with Crippen molar-refractivity contribution in [1.82, 2.24) is 14.9 Å². The molecule has 2 bridgehead atoms. The van der Waals surface area contributed by atoms with Crippen molar-refractivity contribution in [2.24, 2.45) is 5.92 Å². The van der Waals surface area contributed by atoms with Gasteiger partial charge < -0.3 is 20.1 Å². The summed E-state index contributed by atoms with van der Waals surface area (Å²) >= 11 is 0. The Morgan fingerprint density at radius 1 is 1.04 bits per heavy atom. The molecule has 1 aromatic heterocycles. The molecule has 140 valence electrons. The normalized spacial score (nSPS) is 33.3. The summed E-state index contributed by atoms with van der Waals surface area (Å²) in [5, 5.41) is 0. The van der Waals surface area contributed by atoms with Crippen molar-refractivity contribution < 1.29 is 9.47 Å². The molecule has 7 nitrogen and oxygen atoms in total. The van der Waals surface area contributed by atoms with Crippen molar-refractivity contribution >= 4 is 11.8 Å². The molecule has 7 heteroatoms.